The zero-order valence-corrected chi connectivity index (χ0v) is 15.3. The Kier molecular flexibility index (Phi) is 5.14. The molecule has 0 unspecified atom stereocenters. The number of hydrogen-bond acceptors (Lipinski definition) is 5. The molecule has 2 aromatic heterocycles. The van der Waals surface area contributed by atoms with Crippen LogP contribution in [0, 0.1) is 0 Å². The monoisotopic (exact) mass is 409 g/mol. The Morgan fingerprint density at radius 2 is 1.93 bits per heavy atom. The molecule has 29 heavy (non-hydrogen) atoms. The van der Waals surface area contributed by atoms with Crippen molar-refractivity contribution in [3.63, 3.8) is 0 Å². The van der Waals surface area contributed by atoms with E-state index in [1.165, 1.54) is 27.4 Å². The molecule has 0 spiro atoms. The summed E-state index contributed by atoms with van der Waals surface area (Å²) in [6.45, 7) is -0.522. The Hall–Kier alpha value is -3.63. The molecule has 1 amide bonds. The summed E-state index contributed by atoms with van der Waals surface area (Å²) in [5.41, 5.74) is -1.21. The van der Waals surface area contributed by atoms with Crippen LogP contribution >= 0.6 is 0 Å². The van der Waals surface area contributed by atoms with Gasteiger partial charge in [-0.3, -0.25) is 14.4 Å². The largest absolute Gasteiger partial charge is 0.505 e. The van der Waals surface area contributed by atoms with Crippen molar-refractivity contribution in [1.82, 2.24) is 14.5 Å². The lowest BCUT2D eigenvalue weighted by molar-refractivity contribution is -0.135. The highest BCUT2D eigenvalue weighted by Gasteiger charge is 2.26. The summed E-state index contributed by atoms with van der Waals surface area (Å²) >= 11 is 0. The van der Waals surface area contributed by atoms with Crippen LogP contribution in [-0.4, -0.2) is 44.4 Å². The third-order valence-corrected chi connectivity index (χ3v) is 4.23. The maximum atomic E-state index is 13.0. The van der Waals surface area contributed by atoms with Gasteiger partial charge >= 0.3 is 12.6 Å². The summed E-state index contributed by atoms with van der Waals surface area (Å²) in [6.07, 6.45) is 0. The number of amides is 1. The molecule has 0 aliphatic rings. The van der Waals surface area contributed by atoms with Gasteiger partial charge < -0.3 is 20.3 Å². The van der Waals surface area contributed by atoms with Gasteiger partial charge in [0, 0.05) is 11.4 Å². The number of hydrogen-bond donors (Lipinski definition) is 3. The second kappa shape index (κ2) is 7.41. The first kappa shape index (κ1) is 20.1. The van der Waals surface area contributed by atoms with Crippen molar-refractivity contribution in [3.05, 3.63) is 40.2 Å². The fraction of sp³-hybridized carbons (Fsp3) is 0.278. The number of aromatic hydroxyl groups is 1. The van der Waals surface area contributed by atoms with Gasteiger partial charge in [0.25, 0.3) is 11.5 Å². The highest BCUT2D eigenvalue weighted by atomic mass is 19.3. The van der Waals surface area contributed by atoms with Crippen molar-refractivity contribution in [2.24, 2.45) is 0 Å². The molecule has 3 aromatic rings. The molecule has 0 fully saturated rings. The van der Waals surface area contributed by atoms with Crippen LogP contribution in [0.1, 0.15) is 30.2 Å². The van der Waals surface area contributed by atoms with Crippen LogP contribution < -0.4 is 15.6 Å². The number of benzene rings is 1. The maximum absolute atomic E-state index is 13.0. The average molecular weight is 409 g/mol. The molecule has 11 heteroatoms. The van der Waals surface area contributed by atoms with Gasteiger partial charge in [-0.1, -0.05) is 6.07 Å². The molecule has 3 rings (SSSR count). The first-order valence-corrected chi connectivity index (χ1v) is 8.50. The SMILES string of the molecule is CC(C)n1c(=O)c(C(=O)NCC(=O)O)c(O)c2cc3c(OC(F)F)cccc3n21. The van der Waals surface area contributed by atoms with E-state index >= 15 is 0 Å². The summed E-state index contributed by atoms with van der Waals surface area (Å²) in [5, 5.41) is 21.6. The number of aliphatic carboxylic acids is 1. The van der Waals surface area contributed by atoms with E-state index in [4.69, 9.17) is 5.11 Å². The lowest BCUT2D eigenvalue weighted by Crippen LogP contribution is -2.38. The second-order valence-electron chi connectivity index (χ2n) is 6.45. The van der Waals surface area contributed by atoms with Crippen molar-refractivity contribution in [2.45, 2.75) is 26.5 Å². The van der Waals surface area contributed by atoms with Gasteiger partial charge in [0.1, 0.15) is 23.4 Å². The number of carbonyl (C=O) groups is 2. The van der Waals surface area contributed by atoms with Crippen LogP contribution in [0.25, 0.3) is 16.4 Å². The first-order chi connectivity index (χ1) is 13.6. The topological polar surface area (TPSA) is 122 Å². The van der Waals surface area contributed by atoms with Crippen molar-refractivity contribution in [2.75, 3.05) is 6.54 Å². The van der Waals surface area contributed by atoms with Crippen molar-refractivity contribution >= 4 is 28.3 Å². The van der Waals surface area contributed by atoms with Gasteiger partial charge in [-0.25, -0.2) is 9.20 Å². The molecule has 0 aliphatic heterocycles. The predicted octanol–water partition coefficient (Wildman–Crippen LogP) is 1.96. The van der Waals surface area contributed by atoms with Gasteiger partial charge in [-0.15, -0.1) is 0 Å². The molecular weight excluding hydrogens is 392 g/mol. The van der Waals surface area contributed by atoms with Crippen LogP contribution in [0.4, 0.5) is 8.78 Å². The Bertz CT molecular complexity index is 1180. The van der Waals surface area contributed by atoms with Crippen molar-refractivity contribution in [3.8, 4) is 11.5 Å². The minimum absolute atomic E-state index is 0.000841. The molecule has 1 aromatic carbocycles. The zero-order valence-electron chi connectivity index (χ0n) is 15.3. The van der Waals surface area contributed by atoms with Gasteiger partial charge in [-0.2, -0.15) is 8.78 Å². The van der Waals surface area contributed by atoms with E-state index in [2.05, 4.69) is 4.74 Å². The average Bonchev–Trinajstić information content (AvgIpc) is 3.00. The van der Waals surface area contributed by atoms with Crippen molar-refractivity contribution in [1.29, 1.82) is 0 Å². The molecule has 154 valence electrons. The van der Waals surface area contributed by atoms with E-state index in [-0.39, 0.29) is 16.7 Å². The number of nitrogens with zero attached hydrogens (tertiary/aromatic N) is 2. The fourth-order valence-electron chi connectivity index (χ4n) is 3.14. The zero-order chi connectivity index (χ0) is 21.5. The summed E-state index contributed by atoms with van der Waals surface area (Å²) in [7, 11) is 0. The third kappa shape index (κ3) is 3.46. The molecule has 0 aliphatic carbocycles. The van der Waals surface area contributed by atoms with Crippen LogP contribution in [-0.2, 0) is 4.79 Å². The fourth-order valence-corrected chi connectivity index (χ4v) is 3.14. The van der Waals surface area contributed by atoms with Gasteiger partial charge in [0.15, 0.2) is 5.75 Å². The van der Waals surface area contributed by atoms with E-state index in [1.807, 2.05) is 5.32 Å². The van der Waals surface area contributed by atoms with E-state index < -0.39 is 47.9 Å². The second-order valence-corrected chi connectivity index (χ2v) is 6.45. The minimum Gasteiger partial charge on any atom is -0.505 e. The Morgan fingerprint density at radius 3 is 2.52 bits per heavy atom. The first-order valence-electron chi connectivity index (χ1n) is 8.50. The molecule has 0 radical (unpaired) electrons. The number of fused-ring (bicyclic) bond motifs is 3. The van der Waals surface area contributed by atoms with Gasteiger partial charge in [0.2, 0.25) is 0 Å². The van der Waals surface area contributed by atoms with Gasteiger partial charge in [-0.05, 0) is 32.0 Å². The molecular formula is C18H17F2N3O6. The quantitative estimate of drug-likeness (QED) is 0.572. The predicted molar refractivity (Wildman–Crippen MR) is 97.8 cm³/mol. The summed E-state index contributed by atoms with van der Waals surface area (Å²) in [6, 6.07) is 5.12. The number of alkyl halides is 2. The van der Waals surface area contributed by atoms with Crippen molar-refractivity contribution < 1.29 is 33.3 Å². The molecule has 9 nitrogen and oxygen atoms in total. The highest BCUT2D eigenvalue weighted by Crippen LogP contribution is 2.34. The molecule has 0 bridgehead atoms. The number of nitrogens with one attached hydrogen (secondary N) is 1. The molecule has 0 atom stereocenters. The number of carboxylic acids is 1. The standard InChI is InChI=1S/C18H17F2N3O6/c1-8(2)22-17(28)14(16(27)21-7-13(24)25)15(26)11-6-9-10(23(11)22)4-3-5-12(9)29-18(19)20/h3-6,8,18,26H,7H2,1-2H3,(H,21,27)(H,24,25). The number of ether oxygens (including phenoxy) is 1. The van der Waals surface area contributed by atoms with Gasteiger partial charge in [0.05, 0.1) is 5.52 Å². The molecule has 3 N–H and O–H groups in total. The molecule has 0 saturated carbocycles. The number of aromatic nitrogens is 2. The molecule has 2 heterocycles. The third-order valence-electron chi connectivity index (χ3n) is 4.23. The number of halogens is 2. The van der Waals surface area contributed by atoms with E-state index in [0.29, 0.717) is 5.52 Å². The lowest BCUT2D eigenvalue weighted by atomic mass is 10.2. The van der Waals surface area contributed by atoms with Crippen LogP contribution in [0.5, 0.6) is 11.5 Å². The Labute approximate surface area is 161 Å². The number of carboxylic acid groups (broad SMARTS) is 1. The minimum atomic E-state index is -3.08. The Balaban J connectivity index is 2.37. The van der Waals surface area contributed by atoms with E-state index in [9.17, 15) is 28.3 Å². The summed E-state index contributed by atoms with van der Waals surface area (Å²) in [4.78, 5) is 36.0. The smallest absolute Gasteiger partial charge is 0.387 e. The maximum Gasteiger partial charge on any atom is 0.387 e. The number of rotatable bonds is 6. The Morgan fingerprint density at radius 1 is 1.24 bits per heavy atom. The molecule has 0 saturated heterocycles. The van der Waals surface area contributed by atoms with Crippen LogP contribution in [0.15, 0.2) is 29.1 Å². The lowest BCUT2D eigenvalue weighted by Gasteiger charge is -2.17. The van der Waals surface area contributed by atoms with E-state index in [1.54, 1.807) is 19.9 Å². The van der Waals surface area contributed by atoms with Crippen LogP contribution in [0.3, 0.4) is 0 Å². The summed E-state index contributed by atoms with van der Waals surface area (Å²) < 4.78 is 32.5. The van der Waals surface area contributed by atoms with Crippen LogP contribution in [0.2, 0.25) is 0 Å². The van der Waals surface area contributed by atoms with E-state index in [0.717, 1.165) is 0 Å². The number of carbonyl (C=O) groups excluding carboxylic acids is 1. The highest BCUT2D eigenvalue weighted by molar-refractivity contribution is 6.02. The summed E-state index contributed by atoms with van der Waals surface area (Å²) in [5.74, 6) is -3.26. The normalized spacial score (nSPS) is 11.5.